The van der Waals surface area contributed by atoms with Gasteiger partial charge in [-0.25, -0.2) is 4.79 Å². The van der Waals surface area contributed by atoms with E-state index in [4.69, 9.17) is 9.15 Å². The molecule has 0 fully saturated rings. The number of nitrogens with zero attached hydrogens (tertiary/aromatic N) is 1. The highest BCUT2D eigenvalue weighted by Gasteiger charge is 2.14. The molecule has 3 rings (SSSR count). The fourth-order valence-corrected chi connectivity index (χ4v) is 2.29. The second-order valence-corrected chi connectivity index (χ2v) is 4.74. The fourth-order valence-electron chi connectivity index (χ4n) is 2.29. The zero-order valence-corrected chi connectivity index (χ0v) is 11.5. The minimum Gasteiger partial charge on any atom is -0.497 e. The van der Waals surface area contributed by atoms with Crippen molar-refractivity contribution in [2.75, 3.05) is 7.11 Å². The third kappa shape index (κ3) is 2.55. The molecule has 0 saturated heterocycles. The number of methoxy groups -OCH3 is 1. The molecule has 5 heteroatoms. The number of para-hydroxylation sites is 2. The van der Waals surface area contributed by atoms with Gasteiger partial charge in [0.15, 0.2) is 5.58 Å². The molecule has 1 atom stereocenters. The van der Waals surface area contributed by atoms with Gasteiger partial charge in [0.2, 0.25) is 0 Å². The number of fused-ring (bicyclic) bond motifs is 1. The van der Waals surface area contributed by atoms with Crippen molar-refractivity contribution in [3.63, 3.8) is 0 Å². The van der Waals surface area contributed by atoms with Crippen LogP contribution in [0.3, 0.4) is 0 Å². The van der Waals surface area contributed by atoms with E-state index in [1.165, 1.54) is 4.57 Å². The van der Waals surface area contributed by atoms with Crippen LogP contribution in [0.1, 0.15) is 11.7 Å². The SMILES string of the molecule is COc1ccc(C(O)Cn2c(=O)oc3ccccc32)cc1. The molecular formula is C16H15NO4. The van der Waals surface area contributed by atoms with Crippen molar-refractivity contribution < 1.29 is 14.3 Å². The number of benzene rings is 2. The maximum atomic E-state index is 11.9. The lowest BCUT2D eigenvalue weighted by atomic mass is 10.1. The molecule has 0 radical (unpaired) electrons. The molecule has 21 heavy (non-hydrogen) atoms. The highest BCUT2D eigenvalue weighted by molar-refractivity contribution is 5.72. The van der Waals surface area contributed by atoms with Gasteiger partial charge in [-0.2, -0.15) is 0 Å². The maximum absolute atomic E-state index is 11.9. The first kappa shape index (κ1) is 13.5. The van der Waals surface area contributed by atoms with E-state index in [1.807, 2.05) is 6.07 Å². The molecule has 108 valence electrons. The smallest absolute Gasteiger partial charge is 0.420 e. The lowest BCUT2D eigenvalue weighted by Gasteiger charge is -2.12. The zero-order chi connectivity index (χ0) is 14.8. The molecule has 3 aromatic rings. The Labute approximate surface area is 121 Å². The lowest BCUT2D eigenvalue weighted by Crippen LogP contribution is -2.18. The Kier molecular flexibility index (Phi) is 3.50. The molecule has 1 unspecified atom stereocenters. The summed E-state index contributed by atoms with van der Waals surface area (Å²) < 4.78 is 11.7. The Bertz CT molecular complexity index is 801. The summed E-state index contributed by atoms with van der Waals surface area (Å²) in [5.41, 5.74) is 1.91. The predicted molar refractivity (Wildman–Crippen MR) is 78.4 cm³/mol. The monoisotopic (exact) mass is 285 g/mol. The second kappa shape index (κ2) is 5.46. The third-order valence-electron chi connectivity index (χ3n) is 3.43. The number of hydrogen-bond donors (Lipinski definition) is 1. The molecule has 0 aliphatic heterocycles. The first-order valence-corrected chi connectivity index (χ1v) is 6.59. The number of hydrogen-bond acceptors (Lipinski definition) is 4. The number of aliphatic hydroxyl groups excluding tert-OH is 1. The zero-order valence-electron chi connectivity index (χ0n) is 11.5. The van der Waals surface area contributed by atoms with Crippen molar-refractivity contribution in [2.45, 2.75) is 12.6 Å². The van der Waals surface area contributed by atoms with Crippen LogP contribution in [0.4, 0.5) is 0 Å². The van der Waals surface area contributed by atoms with Crippen LogP contribution in [0.15, 0.2) is 57.7 Å². The highest BCUT2D eigenvalue weighted by Crippen LogP contribution is 2.20. The second-order valence-electron chi connectivity index (χ2n) is 4.74. The quantitative estimate of drug-likeness (QED) is 0.799. The standard InChI is InChI=1S/C16H15NO4/c1-20-12-8-6-11(7-9-12)14(18)10-17-13-4-2-3-5-15(13)21-16(17)19/h2-9,14,18H,10H2,1H3. The lowest BCUT2D eigenvalue weighted by molar-refractivity contribution is 0.154. The minimum atomic E-state index is -0.797. The molecular weight excluding hydrogens is 270 g/mol. The summed E-state index contributed by atoms with van der Waals surface area (Å²) in [7, 11) is 1.59. The molecule has 0 amide bonds. The van der Waals surface area contributed by atoms with Crippen LogP contribution < -0.4 is 10.5 Å². The average Bonchev–Trinajstić information content (AvgIpc) is 2.83. The average molecular weight is 285 g/mol. The first-order valence-electron chi connectivity index (χ1n) is 6.59. The topological polar surface area (TPSA) is 64.6 Å². The van der Waals surface area contributed by atoms with Crippen LogP contribution in [0.25, 0.3) is 11.1 Å². The van der Waals surface area contributed by atoms with Crippen molar-refractivity contribution in [3.05, 3.63) is 64.6 Å². The Morgan fingerprint density at radius 2 is 1.90 bits per heavy atom. The van der Waals surface area contributed by atoms with Crippen LogP contribution in [0.5, 0.6) is 5.75 Å². The first-order chi connectivity index (χ1) is 10.2. The Morgan fingerprint density at radius 1 is 1.19 bits per heavy atom. The summed E-state index contributed by atoms with van der Waals surface area (Å²) >= 11 is 0. The largest absolute Gasteiger partial charge is 0.497 e. The summed E-state index contributed by atoms with van der Waals surface area (Å²) in [5.74, 6) is 0.251. The molecule has 2 aromatic carbocycles. The van der Waals surface area contributed by atoms with Gasteiger partial charge in [-0.05, 0) is 29.8 Å². The summed E-state index contributed by atoms with van der Waals surface area (Å²) in [5, 5.41) is 10.3. The molecule has 1 N–H and O–H groups in total. The van der Waals surface area contributed by atoms with Crippen LogP contribution in [0.2, 0.25) is 0 Å². The number of ether oxygens (including phenoxy) is 1. The van der Waals surface area contributed by atoms with E-state index in [2.05, 4.69) is 0 Å². The van der Waals surface area contributed by atoms with Crippen molar-refractivity contribution in [1.29, 1.82) is 0 Å². The summed E-state index contributed by atoms with van der Waals surface area (Å²) in [6, 6.07) is 14.2. The fraction of sp³-hybridized carbons (Fsp3) is 0.188. The number of oxazole rings is 1. The molecule has 0 saturated carbocycles. The van der Waals surface area contributed by atoms with Crippen LogP contribution >= 0.6 is 0 Å². The normalized spacial score (nSPS) is 12.5. The number of aromatic nitrogens is 1. The van der Waals surface area contributed by atoms with Crippen molar-refractivity contribution >= 4 is 11.1 Å². The van der Waals surface area contributed by atoms with E-state index in [1.54, 1.807) is 49.6 Å². The molecule has 5 nitrogen and oxygen atoms in total. The Balaban J connectivity index is 1.90. The highest BCUT2D eigenvalue weighted by atomic mass is 16.5. The van der Waals surface area contributed by atoms with Crippen molar-refractivity contribution in [3.8, 4) is 5.75 Å². The van der Waals surface area contributed by atoms with Gasteiger partial charge in [0.1, 0.15) is 5.75 Å². The summed E-state index contributed by atoms with van der Waals surface area (Å²) in [6.45, 7) is 0.141. The number of rotatable bonds is 4. The van der Waals surface area contributed by atoms with Crippen LogP contribution in [0, 0.1) is 0 Å². The molecule has 0 spiro atoms. The molecule has 0 aliphatic carbocycles. The van der Waals surface area contributed by atoms with Crippen LogP contribution in [-0.4, -0.2) is 16.8 Å². The molecule has 0 aliphatic rings. The van der Waals surface area contributed by atoms with Gasteiger partial charge in [-0.3, -0.25) is 4.57 Å². The predicted octanol–water partition coefficient (Wildman–Crippen LogP) is 2.34. The maximum Gasteiger partial charge on any atom is 0.420 e. The third-order valence-corrected chi connectivity index (χ3v) is 3.43. The van der Waals surface area contributed by atoms with E-state index in [9.17, 15) is 9.90 Å². The van der Waals surface area contributed by atoms with E-state index in [0.717, 1.165) is 5.75 Å². The van der Waals surface area contributed by atoms with Gasteiger partial charge in [-0.1, -0.05) is 24.3 Å². The Morgan fingerprint density at radius 3 is 2.62 bits per heavy atom. The van der Waals surface area contributed by atoms with Gasteiger partial charge in [-0.15, -0.1) is 0 Å². The number of aliphatic hydroxyl groups is 1. The van der Waals surface area contributed by atoms with Gasteiger partial charge in [0.05, 0.1) is 25.3 Å². The van der Waals surface area contributed by atoms with Gasteiger partial charge < -0.3 is 14.3 Å². The summed E-state index contributed by atoms with van der Waals surface area (Å²) in [4.78, 5) is 11.9. The van der Waals surface area contributed by atoms with E-state index >= 15 is 0 Å². The van der Waals surface area contributed by atoms with Crippen LogP contribution in [-0.2, 0) is 6.54 Å². The van der Waals surface area contributed by atoms with E-state index < -0.39 is 11.9 Å². The van der Waals surface area contributed by atoms with Crippen molar-refractivity contribution in [1.82, 2.24) is 4.57 Å². The van der Waals surface area contributed by atoms with Gasteiger partial charge >= 0.3 is 5.76 Å². The molecule has 1 aromatic heterocycles. The van der Waals surface area contributed by atoms with Gasteiger partial charge in [0, 0.05) is 0 Å². The Hall–Kier alpha value is -2.53. The summed E-state index contributed by atoms with van der Waals surface area (Å²) in [6.07, 6.45) is -0.797. The molecule has 0 bridgehead atoms. The molecule has 1 heterocycles. The van der Waals surface area contributed by atoms with Gasteiger partial charge in [0.25, 0.3) is 0 Å². The van der Waals surface area contributed by atoms with Crippen molar-refractivity contribution in [2.24, 2.45) is 0 Å². The van der Waals surface area contributed by atoms with E-state index in [-0.39, 0.29) is 6.54 Å². The minimum absolute atomic E-state index is 0.141. The van der Waals surface area contributed by atoms with E-state index in [0.29, 0.717) is 16.7 Å².